The SMILES string of the molecule is CC[C@H](NC(=O)c1ncoc1-c1ccc2c(c1)OCCO2)C(=O)O. The van der Waals surface area contributed by atoms with Gasteiger partial charge in [0.15, 0.2) is 29.3 Å². The Morgan fingerprint density at radius 1 is 1.29 bits per heavy atom. The highest BCUT2D eigenvalue weighted by molar-refractivity contribution is 5.99. The molecule has 0 spiro atoms. The summed E-state index contributed by atoms with van der Waals surface area (Å²) in [6, 6.07) is 4.15. The van der Waals surface area contributed by atoms with Crippen LogP contribution in [0.3, 0.4) is 0 Å². The van der Waals surface area contributed by atoms with Gasteiger partial charge in [-0.15, -0.1) is 0 Å². The minimum Gasteiger partial charge on any atom is -0.486 e. The Hall–Kier alpha value is -3.03. The second kappa shape index (κ2) is 6.61. The molecule has 0 bridgehead atoms. The number of aliphatic carboxylic acids is 1. The lowest BCUT2D eigenvalue weighted by atomic mass is 10.1. The molecular weight excluding hydrogens is 316 g/mol. The number of benzene rings is 1. The lowest BCUT2D eigenvalue weighted by Gasteiger charge is -2.18. The number of hydrogen-bond acceptors (Lipinski definition) is 6. The van der Waals surface area contributed by atoms with Crippen LogP contribution < -0.4 is 14.8 Å². The van der Waals surface area contributed by atoms with Gasteiger partial charge in [0.2, 0.25) is 0 Å². The van der Waals surface area contributed by atoms with Gasteiger partial charge in [0.05, 0.1) is 0 Å². The molecule has 0 fully saturated rings. The summed E-state index contributed by atoms with van der Waals surface area (Å²) in [5.74, 6) is -0.297. The third-order valence-corrected chi connectivity index (χ3v) is 3.60. The van der Waals surface area contributed by atoms with E-state index in [1.807, 2.05) is 0 Å². The van der Waals surface area contributed by atoms with Crippen molar-refractivity contribution in [2.75, 3.05) is 13.2 Å². The van der Waals surface area contributed by atoms with E-state index in [0.717, 1.165) is 6.39 Å². The van der Waals surface area contributed by atoms with Crippen LogP contribution in [0.4, 0.5) is 0 Å². The number of rotatable bonds is 5. The number of carboxylic acid groups (broad SMARTS) is 1. The molecule has 2 N–H and O–H groups in total. The van der Waals surface area contributed by atoms with E-state index in [1.54, 1.807) is 25.1 Å². The predicted molar refractivity (Wildman–Crippen MR) is 82.1 cm³/mol. The highest BCUT2D eigenvalue weighted by Gasteiger charge is 2.24. The Bertz CT molecular complexity index is 770. The van der Waals surface area contributed by atoms with Crippen LogP contribution in [0.25, 0.3) is 11.3 Å². The molecule has 1 atom stereocenters. The number of nitrogens with zero attached hydrogens (tertiary/aromatic N) is 1. The van der Waals surface area contributed by atoms with Gasteiger partial charge in [-0.1, -0.05) is 6.92 Å². The number of amides is 1. The van der Waals surface area contributed by atoms with E-state index in [2.05, 4.69) is 10.3 Å². The summed E-state index contributed by atoms with van der Waals surface area (Å²) in [5, 5.41) is 11.5. The van der Waals surface area contributed by atoms with Crippen LogP contribution in [0, 0.1) is 0 Å². The molecule has 126 valence electrons. The molecule has 1 aromatic heterocycles. The average molecular weight is 332 g/mol. The summed E-state index contributed by atoms with van der Waals surface area (Å²) < 4.78 is 16.3. The topological polar surface area (TPSA) is 111 Å². The van der Waals surface area contributed by atoms with Crippen LogP contribution in [0.2, 0.25) is 0 Å². The Labute approximate surface area is 137 Å². The van der Waals surface area contributed by atoms with Crippen LogP contribution in [0.15, 0.2) is 29.0 Å². The minimum absolute atomic E-state index is 0.0198. The van der Waals surface area contributed by atoms with Crippen molar-refractivity contribution in [3.05, 3.63) is 30.3 Å². The summed E-state index contributed by atoms with van der Waals surface area (Å²) >= 11 is 0. The van der Waals surface area contributed by atoms with Crippen LogP contribution in [0.5, 0.6) is 11.5 Å². The largest absolute Gasteiger partial charge is 0.486 e. The monoisotopic (exact) mass is 332 g/mol. The smallest absolute Gasteiger partial charge is 0.326 e. The fraction of sp³-hybridized carbons (Fsp3) is 0.312. The first-order valence-corrected chi connectivity index (χ1v) is 7.47. The van der Waals surface area contributed by atoms with E-state index >= 15 is 0 Å². The normalized spacial score (nSPS) is 14.0. The van der Waals surface area contributed by atoms with Crippen molar-refractivity contribution < 1.29 is 28.6 Å². The summed E-state index contributed by atoms with van der Waals surface area (Å²) in [5.41, 5.74) is 0.608. The lowest BCUT2D eigenvalue weighted by Crippen LogP contribution is -2.40. The standard InChI is InChI=1S/C16H16N2O6/c1-2-10(16(20)21)18-15(19)13-14(24-8-17-13)9-3-4-11-12(7-9)23-6-5-22-11/h3-4,7-8,10H,2,5-6H2,1H3,(H,18,19)(H,20,21)/t10-/m0/s1. The van der Waals surface area contributed by atoms with Gasteiger partial charge in [-0.25, -0.2) is 9.78 Å². The number of carboxylic acids is 1. The summed E-state index contributed by atoms with van der Waals surface area (Å²) in [7, 11) is 0. The average Bonchev–Trinajstić information content (AvgIpc) is 3.08. The third-order valence-electron chi connectivity index (χ3n) is 3.60. The molecule has 0 aliphatic carbocycles. The second-order valence-corrected chi connectivity index (χ2v) is 5.16. The summed E-state index contributed by atoms with van der Waals surface area (Å²) in [6.45, 7) is 2.59. The van der Waals surface area contributed by atoms with E-state index in [0.29, 0.717) is 30.3 Å². The zero-order chi connectivity index (χ0) is 17.1. The Morgan fingerprint density at radius 2 is 2.04 bits per heavy atom. The molecule has 2 aromatic rings. The lowest BCUT2D eigenvalue weighted by molar-refractivity contribution is -0.139. The molecule has 0 saturated carbocycles. The zero-order valence-electron chi connectivity index (χ0n) is 12.9. The van der Waals surface area contributed by atoms with Gasteiger partial charge >= 0.3 is 5.97 Å². The van der Waals surface area contributed by atoms with Crippen LogP contribution in [-0.4, -0.2) is 41.2 Å². The Kier molecular flexibility index (Phi) is 4.37. The molecule has 8 nitrogen and oxygen atoms in total. The van der Waals surface area contributed by atoms with Crippen molar-refractivity contribution in [2.45, 2.75) is 19.4 Å². The maximum Gasteiger partial charge on any atom is 0.326 e. The number of nitrogens with one attached hydrogen (secondary N) is 1. The number of oxazole rings is 1. The number of hydrogen-bond donors (Lipinski definition) is 2. The summed E-state index contributed by atoms with van der Waals surface area (Å²) in [6.07, 6.45) is 1.40. The highest BCUT2D eigenvalue weighted by atomic mass is 16.6. The molecular formula is C16H16N2O6. The van der Waals surface area contributed by atoms with Crippen molar-refractivity contribution in [1.29, 1.82) is 0 Å². The number of aromatic nitrogens is 1. The number of fused-ring (bicyclic) bond motifs is 1. The molecule has 3 rings (SSSR count). The number of ether oxygens (including phenoxy) is 2. The van der Waals surface area contributed by atoms with Crippen LogP contribution >= 0.6 is 0 Å². The first-order chi connectivity index (χ1) is 11.6. The Morgan fingerprint density at radius 3 is 2.75 bits per heavy atom. The molecule has 1 aromatic carbocycles. The molecule has 0 unspecified atom stereocenters. The Balaban J connectivity index is 1.87. The van der Waals surface area contributed by atoms with Crippen molar-refractivity contribution >= 4 is 11.9 Å². The molecule has 1 aliphatic rings. The van der Waals surface area contributed by atoms with E-state index in [9.17, 15) is 9.59 Å². The van der Waals surface area contributed by atoms with Gasteiger partial charge in [0, 0.05) is 5.56 Å². The van der Waals surface area contributed by atoms with Gasteiger partial charge < -0.3 is 24.3 Å². The van der Waals surface area contributed by atoms with E-state index < -0.39 is 17.9 Å². The van der Waals surface area contributed by atoms with Gasteiger partial charge in [-0.3, -0.25) is 4.79 Å². The predicted octanol–water partition coefficient (Wildman–Crippen LogP) is 1.71. The van der Waals surface area contributed by atoms with Gasteiger partial charge in [-0.2, -0.15) is 0 Å². The van der Waals surface area contributed by atoms with Crippen LogP contribution in [-0.2, 0) is 4.79 Å². The quantitative estimate of drug-likeness (QED) is 0.857. The van der Waals surface area contributed by atoms with Gasteiger partial charge in [0.25, 0.3) is 5.91 Å². The number of carbonyl (C=O) groups is 2. The fourth-order valence-corrected chi connectivity index (χ4v) is 2.36. The van der Waals surface area contributed by atoms with Gasteiger partial charge in [0.1, 0.15) is 19.3 Å². The molecule has 2 heterocycles. The minimum atomic E-state index is -1.10. The number of carbonyl (C=O) groups excluding carboxylic acids is 1. The molecule has 1 amide bonds. The second-order valence-electron chi connectivity index (χ2n) is 5.16. The molecule has 1 aliphatic heterocycles. The molecule has 0 saturated heterocycles. The van der Waals surface area contributed by atoms with Crippen molar-refractivity contribution in [2.24, 2.45) is 0 Å². The maximum absolute atomic E-state index is 12.3. The van der Waals surface area contributed by atoms with Crippen LogP contribution in [0.1, 0.15) is 23.8 Å². The summed E-state index contributed by atoms with van der Waals surface area (Å²) in [4.78, 5) is 27.3. The first-order valence-electron chi connectivity index (χ1n) is 7.47. The van der Waals surface area contributed by atoms with E-state index in [1.165, 1.54) is 0 Å². The molecule has 8 heteroatoms. The van der Waals surface area contributed by atoms with E-state index in [-0.39, 0.29) is 17.9 Å². The third kappa shape index (κ3) is 3.03. The first kappa shape index (κ1) is 15.9. The maximum atomic E-state index is 12.3. The van der Waals surface area contributed by atoms with E-state index in [4.69, 9.17) is 19.0 Å². The van der Waals surface area contributed by atoms with Crippen molar-refractivity contribution in [3.8, 4) is 22.8 Å². The molecule has 0 radical (unpaired) electrons. The fourth-order valence-electron chi connectivity index (χ4n) is 2.36. The molecule has 24 heavy (non-hydrogen) atoms. The van der Waals surface area contributed by atoms with Crippen molar-refractivity contribution in [1.82, 2.24) is 10.3 Å². The highest BCUT2D eigenvalue weighted by Crippen LogP contribution is 2.35. The van der Waals surface area contributed by atoms with Gasteiger partial charge in [-0.05, 0) is 24.6 Å². The zero-order valence-corrected chi connectivity index (χ0v) is 12.9. The van der Waals surface area contributed by atoms with Crippen molar-refractivity contribution in [3.63, 3.8) is 0 Å².